The lowest BCUT2D eigenvalue weighted by Crippen LogP contribution is -2.24. The second-order valence-corrected chi connectivity index (χ2v) is 5.49. The van der Waals surface area contributed by atoms with Crippen LogP contribution >= 0.6 is 11.3 Å². The molecule has 0 saturated carbocycles. The fourth-order valence-electron chi connectivity index (χ4n) is 1.82. The summed E-state index contributed by atoms with van der Waals surface area (Å²) in [5.74, 6) is -0.125. The summed E-state index contributed by atoms with van der Waals surface area (Å²) >= 11 is 1.42. The summed E-state index contributed by atoms with van der Waals surface area (Å²) in [6.45, 7) is 1.37. The van der Waals surface area contributed by atoms with Gasteiger partial charge in [0.05, 0.1) is 0 Å². The van der Waals surface area contributed by atoms with Crippen LogP contribution in [0, 0.1) is 0 Å². The molecule has 0 aliphatic rings. The number of carbonyl (C=O) groups excluding carboxylic acids is 1. The molecule has 2 aromatic rings. The van der Waals surface area contributed by atoms with E-state index in [2.05, 4.69) is 15.6 Å². The lowest BCUT2D eigenvalue weighted by molar-refractivity contribution is 0.0949. The van der Waals surface area contributed by atoms with Crippen molar-refractivity contribution in [2.75, 3.05) is 18.4 Å². The zero-order valence-corrected chi connectivity index (χ0v) is 12.7. The van der Waals surface area contributed by atoms with Crippen LogP contribution in [0.3, 0.4) is 0 Å². The number of amides is 1. The van der Waals surface area contributed by atoms with Crippen molar-refractivity contribution in [1.29, 1.82) is 0 Å². The van der Waals surface area contributed by atoms with Crippen molar-refractivity contribution in [3.05, 3.63) is 41.4 Å². The molecule has 1 heterocycles. The fourth-order valence-corrected chi connectivity index (χ4v) is 2.53. The molecular weight excluding hydrogens is 284 g/mol. The van der Waals surface area contributed by atoms with E-state index < -0.39 is 0 Å². The number of benzene rings is 1. The largest absolute Gasteiger partial charge is 0.351 e. The van der Waals surface area contributed by atoms with Crippen molar-refractivity contribution in [2.45, 2.75) is 19.3 Å². The molecule has 0 saturated heterocycles. The Balaban J connectivity index is 1.80. The van der Waals surface area contributed by atoms with Crippen molar-refractivity contribution in [2.24, 2.45) is 5.73 Å². The Morgan fingerprint density at radius 3 is 2.76 bits per heavy atom. The molecule has 0 unspecified atom stereocenters. The van der Waals surface area contributed by atoms with Crippen molar-refractivity contribution in [3.63, 3.8) is 0 Å². The number of aromatic nitrogens is 1. The Morgan fingerprint density at radius 1 is 1.19 bits per heavy atom. The molecule has 1 amide bonds. The molecule has 0 aliphatic heterocycles. The van der Waals surface area contributed by atoms with Gasteiger partial charge in [-0.05, 0) is 31.5 Å². The number of hydrogen-bond acceptors (Lipinski definition) is 5. The highest BCUT2D eigenvalue weighted by Gasteiger charge is 2.10. The van der Waals surface area contributed by atoms with Crippen LogP contribution in [0.2, 0.25) is 0 Å². The summed E-state index contributed by atoms with van der Waals surface area (Å²) in [5.41, 5.74) is 6.84. The third kappa shape index (κ3) is 5.17. The average Bonchev–Trinajstić information content (AvgIpc) is 2.96. The van der Waals surface area contributed by atoms with Gasteiger partial charge in [-0.25, -0.2) is 4.98 Å². The maximum Gasteiger partial charge on any atom is 0.270 e. The Morgan fingerprint density at radius 2 is 2.00 bits per heavy atom. The summed E-state index contributed by atoms with van der Waals surface area (Å²) in [4.78, 5) is 16.2. The number of nitrogens with one attached hydrogen (secondary N) is 2. The number of thiazole rings is 1. The number of carbonyl (C=O) groups is 1. The molecule has 2 rings (SSSR count). The van der Waals surface area contributed by atoms with Crippen LogP contribution in [0.15, 0.2) is 35.7 Å². The zero-order valence-electron chi connectivity index (χ0n) is 11.8. The van der Waals surface area contributed by atoms with E-state index in [-0.39, 0.29) is 5.91 Å². The highest BCUT2D eigenvalue weighted by Crippen LogP contribution is 2.20. The first-order valence-electron chi connectivity index (χ1n) is 7.05. The lowest BCUT2D eigenvalue weighted by atomic mass is 10.2. The van der Waals surface area contributed by atoms with Gasteiger partial charge in [-0.2, -0.15) is 0 Å². The Hall–Kier alpha value is -1.92. The van der Waals surface area contributed by atoms with E-state index in [4.69, 9.17) is 5.73 Å². The SMILES string of the molecule is NCCCCCNC(=O)c1csc(Nc2ccccc2)n1. The number of nitrogens with zero attached hydrogens (tertiary/aromatic N) is 1. The number of anilines is 2. The van der Waals surface area contributed by atoms with Gasteiger partial charge in [-0.3, -0.25) is 4.79 Å². The van der Waals surface area contributed by atoms with E-state index in [9.17, 15) is 4.79 Å². The maximum atomic E-state index is 11.9. The first kappa shape index (κ1) is 15.5. The van der Waals surface area contributed by atoms with Gasteiger partial charge in [0, 0.05) is 17.6 Å². The summed E-state index contributed by atoms with van der Waals surface area (Å²) in [5, 5.41) is 8.53. The van der Waals surface area contributed by atoms with Gasteiger partial charge in [0.2, 0.25) is 0 Å². The first-order chi connectivity index (χ1) is 10.3. The first-order valence-corrected chi connectivity index (χ1v) is 7.93. The van der Waals surface area contributed by atoms with Gasteiger partial charge in [-0.1, -0.05) is 24.6 Å². The van der Waals surface area contributed by atoms with Crippen LogP contribution in [-0.2, 0) is 0 Å². The minimum absolute atomic E-state index is 0.125. The quantitative estimate of drug-likeness (QED) is 0.655. The third-order valence-electron chi connectivity index (χ3n) is 2.93. The Bertz CT molecular complexity index is 556. The molecule has 0 atom stereocenters. The van der Waals surface area contributed by atoms with E-state index in [1.165, 1.54) is 11.3 Å². The summed E-state index contributed by atoms with van der Waals surface area (Å²) in [6, 6.07) is 9.77. The number of unbranched alkanes of at least 4 members (excludes halogenated alkanes) is 2. The predicted molar refractivity (Wildman–Crippen MR) is 87.1 cm³/mol. The van der Waals surface area contributed by atoms with Gasteiger partial charge in [-0.15, -0.1) is 11.3 Å². The second kappa shape index (κ2) is 8.39. The molecule has 5 nitrogen and oxygen atoms in total. The van der Waals surface area contributed by atoms with Crippen molar-refractivity contribution in [1.82, 2.24) is 10.3 Å². The second-order valence-electron chi connectivity index (χ2n) is 4.63. The smallest absolute Gasteiger partial charge is 0.270 e. The highest BCUT2D eigenvalue weighted by molar-refractivity contribution is 7.14. The summed E-state index contributed by atoms with van der Waals surface area (Å²) in [6.07, 6.45) is 2.98. The van der Waals surface area contributed by atoms with Gasteiger partial charge in [0.1, 0.15) is 5.69 Å². The predicted octanol–water partition coefficient (Wildman–Crippen LogP) is 2.75. The van der Waals surface area contributed by atoms with Crippen molar-refractivity contribution in [3.8, 4) is 0 Å². The monoisotopic (exact) mass is 304 g/mol. The normalized spacial score (nSPS) is 10.3. The van der Waals surface area contributed by atoms with E-state index in [1.807, 2.05) is 30.3 Å². The molecule has 4 N–H and O–H groups in total. The third-order valence-corrected chi connectivity index (χ3v) is 3.69. The minimum Gasteiger partial charge on any atom is -0.351 e. The van der Waals surface area contributed by atoms with Crippen LogP contribution in [-0.4, -0.2) is 24.0 Å². The Labute approximate surface area is 128 Å². The van der Waals surface area contributed by atoms with Crippen LogP contribution in [0.4, 0.5) is 10.8 Å². The molecule has 0 fully saturated rings. The number of para-hydroxylation sites is 1. The topological polar surface area (TPSA) is 80.0 Å². The standard InChI is InChI=1S/C15H20N4OS/c16-9-5-2-6-10-17-14(20)13-11-21-15(19-13)18-12-7-3-1-4-8-12/h1,3-4,7-8,11H,2,5-6,9-10,16H2,(H,17,20)(H,18,19). The van der Waals surface area contributed by atoms with Gasteiger partial charge >= 0.3 is 0 Å². The Kier molecular flexibility index (Phi) is 6.18. The molecule has 1 aromatic heterocycles. The van der Waals surface area contributed by atoms with Gasteiger partial charge in [0.15, 0.2) is 5.13 Å². The molecule has 6 heteroatoms. The zero-order chi connectivity index (χ0) is 14.9. The van der Waals surface area contributed by atoms with E-state index in [0.717, 1.165) is 30.1 Å². The number of hydrogen-bond donors (Lipinski definition) is 3. The average molecular weight is 304 g/mol. The fraction of sp³-hybridized carbons (Fsp3) is 0.333. The van der Waals surface area contributed by atoms with Gasteiger partial charge < -0.3 is 16.4 Å². The maximum absolute atomic E-state index is 11.9. The van der Waals surface area contributed by atoms with E-state index in [1.54, 1.807) is 5.38 Å². The molecule has 0 bridgehead atoms. The molecular formula is C15H20N4OS. The molecule has 21 heavy (non-hydrogen) atoms. The molecule has 0 aliphatic carbocycles. The van der Waals surface area contributed by atoms with Gasteiger partial charge in [0.25, 0.3) is 5.91 Å². The molecule has 112 valence electrons. The van der Waals surface area contributed by atoms with Crippen LogP contribution in [0.5, 0.6) is 0 Å². The van der Waals surface area contributed by atoms with Crippen LogP contribution in [0.1, 0.15) is 29.8 Å². The van der Waals surface area contributed by atoms with E-state index >= 15 is 0 Å². The van der Waals surface area contributed by atoms with E-state index in [0.29, 0.717) is 18.8 Å². The van der Waals surface area contributed by atoms with Crippen molar-refractivity contribution >= 4 is 28.1 Å². The van der Waals surface area contributed by atoms with Crippen LogP contribution < -0.4 is 16.4 Å². The number of rotatable bonds is 8. The van der Waals surface area contributed by atoms with Crippen molar-refractivity contribution < 1.29 is 4.79 Å². The minimum atomic E-state index is -0.125. The highest BCUT2D eigenvalue weighted by atomic mass is 32.1. The molecule has 1 aromatic carbocycles. The lowest BCUT2D eigenvalue weighted by Gasteiger charge is -2.03. The molecule has 0 radical (unpaired) electrons. The molecule has 0 spiro atoms. The summed E-state index contributed by atoms with van der Waals surface area (Å²) < 4.78 is 0. The number of nitrogens with two attached hydrogens (primary N) is 1. The summed E-state index contributed by atoms with van der Waals surface area (Å²) in [7, 11) is 0. The van der Waals surface area contributed by atoms with Crippen LogP contribution in [0.25, 0.3) is 0 Å².